The highest BCUT2D eigenvalue weighted by Crippen LogP contribution is 2.60. The third kappa shape index (κ3) is 6.71. The van der Waals surface area contributed by atoms with Crippen LogP contribution in [0, 0.1) is 23.1 Å². The zero-order chi connectivity index (χ0) is 45.4. The summed E-state index contributed by atoms with van der Waals surface area (Å²) in [6.07, 6.45) is 7.02. The zero-order valence-corrected chi connectivity index (χ0v) is 37.2. The van der Waals surface area contributed by atoms with Crippen LogP contribution in [0.3, 0.4) is 0 Å². The number of aryl methyl sites for hydroxylation is 1. The number of carbonyl (C=O) groups excluding carboxylic acids is 3. The third-order valence-electron chi connectivity index (χ3n) is 16.0. The number of fused-ring (bicyclic) bond motifs is 3. The van der Waals surface area contributed by atoms with Crippen molar-refractivity contribution in [3.63, 3.8) is 0 Å². The Morgan fingerprint density at radius 3 is 2.32 bits per heavy atom. The minimum atomic E-state index is -3.88. The van der Waals surface area contributed by atoms with Crippen molar-refractivity contribution in [1.82, 2.24) is 29.3 Å². The number of imide groups is 1. The molecule has 3 saturated heterocycles. The van der Waals surface area contributed by atoms with Crippen molar-refractivity contribution < 1.29 is 36.0 Å². The van der Waals surface area contributed by atoms with E-state index in [4.69, 9.17) is 4.98 Å². The molecule has 6 heterocycles. The Morgan fingerprint density at radius 1 is 0.938 bits per heavy atom. The van der Waals surface area contributed by atoms with Crippen LogP contribution >= 0.6 is 0 Å². The van der Waals surface area contributed by atoms with Gasteiger partial charge in [0.1, 0.15) is 17.4 Å². The minimum Gasteiger partial charge on any atom is -0.369 e. The number of amides is 3. The molecule has 6 fully saturated rings. The molecule has 11 rings (SSSR count). The molecule has 2 atom stereocenters. The van der Waals surface area contributed by atoms with Gasteiger partial charge in [0, 0.05) is 62.0 Å². The second-order valence-electron chi connectivity index (χ2n) is 19.8. The van der Waals surface area contributed by atoms with Crippen molar-refractivity contribution in [2.45, 2.75) is 111 Å². The molecule has 15 nitrogen and oxygen atoms in total. The highest BCUT2D eigenvalue weighted by atomic mass is 32.2. The molecule has 3 saturated carbocycles. The van der Waals surface area contributed by atoms with Gasteiger partial charge in [-0.2, -0.15) is 4.98 Å². The maximum atomic E-state index is 16.2. The monoisotopic (exact) mass is 915 g/mol. The predicted octanol–water partition coefficient (Wildman–Crippen LogP) is 5.35. The first kappa shape index (κ1) is 42.3. The molecule has 4 aromatic rings. The van der Waals surface area contributed by atoms with Crippen molar-refractivity contribution in [3.05, 3.63) is 64.5 Å². The molecule has 2 spiro atoms. The molecular formula is C46H52F3N9O6S. The van der Waals surface area contributed by atoms with Crippen molar-refractivity contribution in [2.24, 2.45) is 24.3 Å². The molecule has 0 bridgehead atoms. The van der Waals surface area contributed by atoms with E-state index in [1.807, 2.05) is 9.80 Å². The van der Waals surface area contributed by atoms with E-state index in [-0.39, 0.29) is 65.9 Å². The highest BCUT2D eigenvalue weighted by Gasteiger charge is 2.65. The lowest BCUT2D eigenvalue weighted by atomic mass is 9.60. The summed E-state index contributed by atoms with van der Waals surface area (Å²) in [6, 6.07) is 8.58. The molecule has 65 heavy (non-hydrogen) atoms. The van der Waals surface area contributed by atoms with Gasteiger partial charge < -0.3 is 10.2 Å². The van der Waals surface area contributed by atoms with Crippen LogP contribution in [0.4, 0.5) is 36.3 Å². The van der Waals surface area contributed by atoms with E-state index >= 15 is 13.2 Å². The Labute approximate surface area is 373 Å². The second kappa shape index (κ2) is 14.9. The number of rotatable bonds is 10. The molecule has 3 amide bonds. The van der Waals surface area contributed by atoms with Gasteiger partial charge in [-0.1, -0.05) is 0 Å². The van der Waals surface area contributed by atoms with Crippen LogP contribution in [0.5, 0.6) is 0 Å². The van der Waals surface area contributed by atoms with Gasteiger partial charge >= 0.3 is 5.69 Å². The largest absolute Gasteiger partial charge is 0.369 e. The number of hydrogen-bond acceptors (Lipinski definition) is 11. The molecule has 0 radical (unpaired) electrons. The maximum Gasteiger partial charge on any atom is 0.329 e. The van der Waals surface area contributed by atoms with Crippen LogP contribution in [0.25, 0.3) is 11.0 Å². The maximum absolute atomic E-state index is 16.2. The number of nitrogens with zero attached hydrogens (tertiary/aromatic N) is 7. The fourth-order valence-electron chi connectivity index (χ4n) is 11.6. The Hall–Kier alpha value is -5.30. The fourth-order valence-corrected chi connectivity index (χ4v) is 13.6. The van der Waals surface area contributed by atoms with Gasteiger partial charge in [0.15, 0.2) is 15.7 Å². The number of nitrogens with one attached hydrogen (secondary N) is 2. The summed E-state index contributed by atoms with van der Waals surface area (Å²) in [6.45, 7) is 3.50. The second-order valence-corrected chi connectivity index (χ2v) is 22.1. The number of halogens is 3. The normalized spacial score (nSPS) is 27.0. The average Bonchev–Trinajstić information content (AvgIpc) is 4.19. The van der Waals surface area contributed by atoms with Gasteiger partial charge in [-0.15, -0.1) is 0 Å². The molecular weight excluding hydrogens is 864 g/mol. The number of carbonyl (C=O) groups is 3. The number of benzene rings is 2. The number of hydrogen-bond donors (Lipinski definition) is 2. The summed E-state index contributed by atoms with van der Waals surface area (Å²) in [5, 5.41) is 4.51. The number of aromatic nitrogens is 4. The highest BCUT2D eigenvalue weighted by molar-refractivity contribution is 7.92. The lowest BCUT2D eigenvalue weighted by Gasteiger charge is -2.56. The molecule has 19 heteroatoms. The van der Waals surface area contributed by atoms with Gasteiger partial charge in [-0.05, 0) is 126 Å². The van der Waals surface area contributed by atoms with Gasteiger partial charge in [0.05, 0.1) is 33.3 Å². The van der Waals surface area contributed by atoms with Gasteiger partial charge in [0.25, 0.3) is 5.92 Å². The predicted molar refractivity (Wildman–Crippen MR) is 234 cm³/mol. The first-order chi connectivity index (χ1) is 31.0. The standard InChI is InChI=1S/C46H52F3N9O6S/c1-26(28-3-4-28)57-39-32(45(15-16-45)41(57)61)23-50-42(53-39)51-29-5-7-30(8-6-29)65(63,64)31-21-44(22-31)17-20-55(25-46(44,48)49)24-27-13-18-56(19-14-27)33-9-10-34-38(37(33)47)54(2)43(62)58(34)35-11-12-36(59)52-40(35)60/h5-10,23,26-28,31,35H,3-4,11-22,24-25H2,1-2H3,(H,50,51,53)(H,52,59,60). The topological polar surface area (TPSA) is 172 Å². The van der Waals surface area contributed by atoms with Crippen molar-refractivity contribution >= 4 is 61.7 Å². The first-order valence-corrected chi connectivity index (χ1v) is 24.5. The number of sulfone groups is 1. The summed E-state index contributed by atoms with van der Waals surface area (Å²) >= 11 is 0. The summed E-state index contributed by atoms with van der Waals surface area (Å²) in [7, 11) is -2.42. The Bertz CT molecular complexity index is 2830. The number of alkyl halides is 2. The van der Waals surface area contributed by atoms with Crippen molar-refractivity contribution in [1.29, 1.82) is 0 Å². The molecule has 7 aliphatic rings. The number of anilines is 4. The van der Waals surface area contributed by atoms with Crippen molar-refractivity contribution in [2.75, 3.05) is 47.8 Å². The molecule has 4 aliphatic heterocycles. The molecule has 3 aliphatic carbocycles. The van der Waals surface area contributed by atoms with Crippen LogP contribution in [-0.4, -0.2) is 100 Å². The van der Waals surface area contributed by atoms with Gasteiger partial charge in [-0.25, -0.2) is 31.4 Å². The molecule has 344 valence electrons. The molecule has 2 aromatic heterocycles. The van der Waals surface area contributed by atoms with E-state index in [1.54, 1.807) is 35.4 Å². The number of piperidine rings is 3. The SMILES string of the molecule is CC(C1CC1)N1C(=O)C2(CC2)c2cnc(Nc3ccc(S(=O)(=O)C4CC5(CCN(CC6CCN(c7ccc8c(c7F)n(C)c(=O)n8C7CCC(=O)NC7=O)CC6)CC5(F)F)C4)cc3)nc21. The third-order valence-corrected chi connectivity index (χ3v) is 18.1. The minimum absolute atomic E-state index is 0.0592. The van der Waals surface area contributed by atoms with E-state index in [0.717, 1.165) is 31.2 Å². The lowest BCUT2D eigenvalue weighted by Crippen LogP contribution is -2.63. The van der Waals surface area contributed by atoms with Gasteiger partial charge in [-0.3, -0.25) is 38.6 Å². The summed E-state index contributed by atoms with van der Waals surface area (Å²) in [4.78, 5) is 65.9. The summed E-state index contributed by atoms with van der Waals surface area (Å²) in [5.41, 5.74) is -0.339. The number of imidazole rings is 1. The first-order valence-electron chi connectivity index (χ1n) is 22.9. The molecule has 2 aromatic carbocycles. The average molecular weight is 916 g/mol. The molecule has 2 N–H and O–H groups in total. The Kier molecular flexibility index (Phi) is 9.68. The number of likely N-dealkylation sites (tertiary alicyclic amines) is 1. The molecule has 2 unspecified atom stereocenters. The quantitative estimate of drug-likeness (QED) is 0.197. The van der Waals surface area contributed by atoms with E-state index in [2.05, 4.69) is 22.5 Å². The van der Waals surface area contributed by atoms with Crippen LogP contribution in [0.1, 0.15) is 89.2 Å². The lowest BCUT2D eigenvalue weighted by molar-refractivity contribution is -0.201. The van der Waals surface area contributed by atoms with Crippen LogP contribution in [0.2, 0.25) is 0 Å². The Balaban J connectivity index is 0.690. The van der Waals surface area contributed by atoms with Crippen LogP contribution < -0.4 is 26.1 Å². The van der Waals surface area contributed by atoms with Crippen LogP contribution in [0.15, 0.2) is 52.3 Å². The smallest absolute Gasteiger partial charge is 0.329 e. The fraction of sp³-hybridized carbons (Fsp3) is 0.565. The Morgan fingerprint density at radius 2 is 1.66 bits per heavy atom. The zero-order valence-electron chi connectivity index (χ0n) is 36.4. The van der Waals surface area contributed by atoms with E-state index in [9.17, 15) is 27.6 Å². The van der Waals surface area contributed by atoms with E-state index in [0.29, 0.717) is 68.1 Å². The van der Waals surface area contributed by atoms with Crippen molar-refractivity contribution in [3.8, 4) is 0 Å². The summed E-state index contributed by atoms with van der Waals surface area (Å²) in [5.74, 6) is -3.04. The van der Waals surface area contributed by atoms with E-state index in [1.165, 1.54) is 28.3 Å². The van der Waals surface area contributed by atoms with E-state index < -0.39 is 67.7 Å². The van der Waals surface area contributed by atoms with Gasteiger partial charge in [0.2, 0.25) is 23.7 Å². The van der Waals surface area contributed by atoms with Crippen LogP contribution in [-0.2, 0) is 36.7 Å². The summed E-state index contributed by atoms with van der Waals surface area (Å²) < 4.78 is 78.3.